The van der Waals surface area contributed by atoms with E-state index in [4.69, 9.17) is 11.6 Å². The predicted octanol–water partition coefficient (Wildman–Crippen LogP) is 3.13. The van der Waals surface area contributed by atoms with Crippen LogP contribution in [0.25, 0.3) is 22.9 Å². The molecule has 0 saturated carbocycles. The number of carbonyl (C=O) groups is 3. The van der Waals surface area contributed by atoms with Crippen LogP contribution in [0.1, 0.15) is 36.6 Å². The maximum atomic E-state index is 13.2. The SMILES string of the molecule is COC(=O)Nc1ccc(-c2cc([C@H](CC(=O)N3CCCC3)NC(=O)/C=C/c3cc(Cl)ccc3-n3cnnn3)n[nH]c2=O)cc1. The summed E-state index contributed by atoms with van der Waals surface area (Å²) in [5, 5.41) is 23.7. The van der Waals surface area contributed by atoms with Crippen molar-refractivity contribution in [3.63, 3.8) is 0 Å². The number of H-pyrrole nitrogens is 1. The van der Waals surface area contributed by atoms with Crippen LogP contribution in [0.4, 0.5) is 10.5 Å². The maximum absolute atomic E-state index is 13.2. The summed E-state index contributed by atoms with van der Waals surface area (Å²) in [6.45, 7) is 1.29. The first-order chi connectivity index (χ1) is 21.3. The van der Waals surface area contributed by atoms with E-state index in [1.807, 2.05) is 0 Å². The zero-order chi connectivity index (χ0) is 31.1. The van der Waals surface area contributed by atoms with Gasteiger partial charge in [-0.1, -0.05) is 23.7 Å². The lowest BCUT2D eigenvalue weighted by Crippen LogP contribution is -2.35. The Morgan fingerprint density at radius 3 is 2.59 bits per heavy atom. The van der Waals surface area contributed by atoms with Crippen LogP contribution in [0.5, 0.6) is 0 Å². The molecule has 3 heterocycles. The number of aromatic nitrogens is 6. The fourth-order valence-electron chi connectivity index (χ4n) is 4.74. The summed E-state index contributed by atoms with van der Waals surface area (Å²) in [6, 6.07) is 12.3. The smallest absolute Gasteiger partial charge is 0.411 e. The third-order valence-corrected chi connectivity index (χ3v) is 7.20. The lowest BCUT2D eigenvalue weighted by Gasteiger charge is -2.21. The van der Waals surface area contributed by atoms with E-state index in [9.17, 15) is 19.2 Å². The summed E-state index contributed by atoms with van der Waals surface area (Å²) < 4.78 is 6.04. The van der Waals surface area contributed by atoms with Crippen molar-refractivity contribution in [1.29, 1.82) is 0 Å². The van der Waals surface area contributed by atoms with E-state index >= 15 is 0 Å². The number of anilines is 1. The lowest BCUT2D eigenvalue weighted by atomic mass is 10.0. The second-order valence-corrected chi connectivity index (χ2v) is 10.3. The molecule has 1 saturated heterocycles. The monoisotopic (exact) mass is 617 g/mol. The average molecular weight is 618 g/mol. The van der Waals surface area contributed by atoms with Gasteiger partial charge in [0.2, 0.25) is 11.8 Å². The van der Waals surface area contributed by atoms with Gasteiger partial charge in [0, 0.05) is 35.4 Å². The molecule has 226 valence electrons. The molecule has 1 atom stereocenters. The number of hydrogen-bond donors (Lipinski definition) is 3. The second kappa shape index (κ2) is 13.7. The van der Waals surface area contributed by atoms with Crippen molar-refractivity contribution in [3.8, 4) is 16.8 Å². The minimum atomic E-state index is -0.852. The van der Waals surface area contributed by atoms with Gasteiger partial charge in [0.1, 0.15) is 6.33 Å². The summed E-state index contributed by atoms with van der Waals surface area (Å²) >= 11 is 6.19. The Morgan fingerprint density at radius 2 is 1.89 bits per heavy atom. The largest absolute Gasteiger partial charge is 0.453 e. The van der Waals surface area contributed by atoms with Gasteiger partial charge in [-0.2, -0.15) is 9.78 Å². The molecule has 0 spiro atoms. The van der Waals surface area contributed by atoms with E-state index in [2.05, 4.69) is 41.1 Å². The molecule has 0 bridgehead atoms. The molecule has 14 nitrogen and oxygen atoms in total. The molecule has 5 rings (SSSR count). The minimum absolute atomic E-state index is 0.0624. The highest BCUT2D eigenvalue weighted by molar-refractivity contribution is 6.30. The molecule has 44 heavy (non-hydrogen) atoms. The number of hydrogen-bond acceptors (Lipinski definition) is 9. The fraction of sp³-hybridized carbons (Fsp3) is 0.241. The molecular formula is C29H28ClN9O5. The van der Waals surface area contributed by atoms with Crippen molar-refractivity contribution in [3.05, 3.63) is 87.6 Å². The van der Waals surface area contributed by atoms with E-state index in [1.165, 1.54) is 24.2 Å². The van der Waals surface area contributed by atoms with Crippen molar-refractivity contribution in [2.45, 2.75) is 25.3 Å². The predicted molar refractivity (Wildman–Crippen MR) is 161 cm³/mol. The number of amides is 3. The van der Waals surface area contributed by atoms with E-state index in [0.717, 1.165) is 12.8 Å². The van der Waals surface area contributed by atoms with Crippen LogP contribution in [0, 0.1) is 0 Å². The zero-order valence-electron chi connectivity index (χ0n) is 23.6. The quantitative estimate of drug-likeness (QED) is 0.238. The van der Waals surface area contributed by atoms with Gasteiger partial charge in [-0.05, 0) is 71.3 Å². The van der Waals surface area contributed by atoms with Crippen LogP contribution in [-0.2, 0) is 14.3 Å². The molecule has 0 aliphatic carbocycles. The van der Waals surface area contributed by atoms with Crippen LogP contribution >= 0.6 is 11.6 Å². The van der Waals surface area contributed by atoms with Crippen LogP contribution in [-0.4, -0.2) is 73.4 Å². The number of tetrazole rings is 1. The Hall–Kier alpha value is -5.37. The van der Waals surface area contributed by atoms with Crippen LogP contribution in [0.2, 0.25) is 5.02 Å². The molecule has 0 radical (unpaired) electrons. The number of methoxy groups -OCH3 is 1. The number of nitrogens with one attached hydrogen (secondary N) is 3. The number of halogens is 1. The molecule has 1 aliphatic heterocycles. The van der Waals surface area contributed by atoms with Gasteiger partial charge in [0.25, 0.3) is 5.56 Å². The average Bonchev–Trinajstić information content (AvgIpc) is 3.76. The maximum Gasteiger partial charge on any atom is 0.411 e. The molecule has 4 aromatic rings. The Labute approximate surface area is 256 Å². The van der Waals surface area contributed by atoms with Crippen molar-refractivity contribution in [1.82, 2.24) is 40.6 Å². The number of likely N-dealkylation sites (tertiary alicyclic amines) is 1. The van der Waals surface area contributed by atoms with Gasteiger partial charge in [0.15, 0.2) is 0 Å². The van der Waals surface area contributed by atoms with Gasteiger partial charge in [-0.15, -0.1) is 5.10 Å². The third-order valence-electron chi connectivity index (χ3n) is 6.96. The zero-order valence-corrected chi connectivity index (χ0v) is 24.3. The van der Waals surface area contributed by atoms with Crippen LogP contribution in [0.15, 0.2) is 65.7 Å². The number of aromatic amines is 1. The van der Waals surface area contributed by atoms with Gasteiger partial charge >= 0.3 is 6.09 Å². The van der Waals surface area contributed by atoms with Crippen LogP contribution in [0.3, 0.4) is 0 Å². The summed E-state index contributed by atoms with van der Waals surface area (Å²) in [6.07, 6.45) is 5.43. The standard InChI is InChI=1S/C29H28ClN9O5/c1-44-29(43)32-21-8-4-18(5-9-21)22-15-24(34-35-28(22)42)23(16-27(41)38-12-2-3-13-38)33-26(40)11-6-19-14-20(30)7-10-25(19)39-17-31-36-37-39/h4-11,14-15,17,23H,2-3,12-13,16H2,1H3,(H,32,43)(H,33,40)(H,35,42)/b11-6+/t23-/m0/s1. The van der Waals surface area contributed by atoms with Crippen molar-refractivity contribution in [2.75, 3.05) is 25.5 Å². The highest BCUT2D eigenvalue weighted by atomic mass is 35.5. The number of benzene rings is 2. The molecule has 1 fully saturated rings. The van der Waals surface area contributed by atoms with Crippen molar-refractivity contribution < 1.29 is 19.1 Å². The molecule has 3 amide bonds. The Balaban J connectivity index is 1.41. The summed E-state index contributed by atoms with van der Waals surface area (Å²) in [5.74, 6) is -0.639. The number of rotatable bonds is 9. The molecule has 2 aromatic heterocycles. The van der Waals surface area contributed by atoms with Gasteiger partial charge in [0.05, 0.1) is 36.5 Å². The first kappa shape index (κ1) is 30.1. The van der Waals surface area contributed by atoms with E-state index in [0.29, 0.717) is 46.3 Å². The Morgan fingerprint density at radius 1 is 1.11 bits per heavy atom. The molecule has 2 aromatic carbocycles. The second-order valence-electron chi connectivity index (χ2n) is 9.87. The van der Waals surface area contributed by atoms with Gasteiger partial charge in [-0.25, -0.2) is 9.89 Å². The van der Waals surface area contributed by atoms with E-state index < -0.39 is 23.6 Å². The van der Waals surface area contributed by atoms with E-state index in [-0.39, 0.29) is 17.9 Å². The number of ether oxygens (including phenoxy) is 1. The minimum Gasteiger partial charge on any atom is -0.453 e. The normalized spacial score (nSPS) is 13.5. The topological polar surface area (TPSA) is 177 Å². The summed E-state index contributed by atoms with van der Waals surface area (Å²) in [5.41, 5.74) is 2.30. The first-order valence-corrected chi connectivity index (χ1v) is 14.0. The lowest BCUT2D eigenvalue weighted by molar-refractivity contribution is -0.130. The van der Waals surface area contributed by atoms with Crippen LogP contribution < -0.4 is 16.2 Å². The Bertz CT molecular complexity index is 1730. The molecule has 1 aliphatic rings. The fourth-order valence-corrected chi connectivity index (χ4v) is 4.92. The summed E-state index contributed by atoms with van der Waals surface area (Å²) in [7, 11) is 1.26. The molecule has 0 unspecified atom stereocenters. The van der Waals surface area contributed by atoms with Crippen molar-refractivity contribution >= 4 is 41.3 Å². The van der Waals surface area contributed by atoms with Gasteiger partial charge < -0.3 is 15.0 Å². The Kier molecular flexibility index (Phi) is 9.40. The molecule has 3 N–H and O–H groups in total. The first-order valence-electron chi connectivity index (χ1n) is 13.6. The number of nitrogens with zero attached hydrogens (tertiary/aromatic N) is 6. The third kappa shape index (κ3) is 7.33. The number of carbonyl (C=O) groups excluding carboxylic acids is 3. The molecular weight excluding hydrogens is 590 g/mol. The van der Waals surface area contributed by atoms with Crippen molar-refractivity contribution in [2.24, 2.45) is 0 Å². The highest BCUT2D eigenvalue weighted by Gasteiger charge is 2.25. The van der Waals surface area contributed by atoms with E-state index in [1.54, 1.807) is 59.5 Å². The highest BCUT2D eigenvalue weighted by Crippen LogP contribution is 2.24. The molecule has 15 heteroatoms. The summed E-state index contributed by atoms with van der Waals surface area (Å²) in [4.78, 5) is 52.4. The van der Waals surface area contributed by atoms with Gasteiger partial charge in [-0.3, -0.25) is 19.7 Å².